The Morgan fingerprint density at radius 1 is 1.45 bits per heavy atom. The number of aryl methyl sites for hydroxylation is 1. The molecular formula is C14H18ClN3O3S. The minimum absolute atomic E-state index is 0.0705. The third kappa shape index (κ3) is 3.67. The van der Waals surface area contributed by atoms with Crippen molar-refractivity contribution < 1.29 is 13.2 Å². The second-order valence-corrected chi connectivity index (χ2v) is 7.32. The molecule has 6 nitrogen and oxygen atoms in total. The van der Waals surface area contributed by atoms with Gasteiger partial charge in [0.1, 0.15) is 10.5 Å². The van der Waals surface area contributed by atoms with Crippen LogP contribution >= 0.6 is 11.6 Å². The zero-order valence-electron chi connectivity index (χ0n) is 12.6. The number of hydrogen-bond donors (Lipinski definition) is 1. The van der Waals surface area contributed by atoms with Gasteiger partial charge in [-0.15, -0.1) is 0 Å². The Morgan fingerprint density at radius 2 is 2.18 bits per heavy atom. The summed E-state index contributed by atoms with van der Waals surface area (Å²) in [4.78, 5) is 0.111. The first-order valence-corrected chi connectivity index (χ1v) is 8.42. The van der Waals surface area contributed by atoms with E-state index in [1.807, 2.05) is 6.07 Å². The summed E-state index contributed by atoms with van der Waals surface area (Å²) in [5.41, 5.74) is -0.0448. The molecule has 0 spiro atoms. The van der Waals surface area contributed by atoms with Gasteiger partial charge in [0.2, 0.25) is 10.0 Å². The molecule has 1 heterocycles. The molecule has 1 aromatic carbocycles. The number of methoxy groups -OCH3 is 1. The van der Waals surface area contributed by atoms with Crippen LogP contribution in [0.2, 0.25) is 5.02 Å². The highest BCUT2D eigenvalue weighted by Crippen LogP contribution is 2.26. The molecule has 1 N–H and O–H groups in total. The molecule has 2 rings (SSSR count). The summed E-state index contributed by atoms with van der Waals surface area (Å²) in [6, 6.07) is 7.14. The van der Waals surface area contributed by atoms with E-state index in [1.54, 1.807) is 32.2 Å². The molecule has 0 bridgehead atoms. The van der Waals surface area contributed by atoms with Gasteiger partial charge in [-0.25, -0.2) is 13.1 Å². The molecule has 22 heavy (non-hydrogen) atoms. The van der Waals surface area contributed by atoms with Crippen molar-refractivity contribution in [1.82, 2.24) is 14.5 Å². The third-order valence-electron chi connectivity index (χ3n) is 3.48. The molecule has 1 atom stereocenters. The van der Waals surface area contributed by atoms with Crippen molar-refractivity contribution in [2.24, 2.45) is 7.05 Å². The quantitative estimate of drug-likeness (QED) is 0.869. The molecule has 0 fully saturated rings. The Balaban J connectivity index is 2.20. The second-order valence-electron chi connectivity index (χ2n) is 5.12. The molecule has 0 saturated carbocycles. The highest BCUT2D eigenvalue weighted by molar-refractivity contribution is 7.89. The smallest absolute Gasteiger partial charge is 0.243 e. The molecule has 0 unspecified atom stereocenters. The molecule has 0 amide bonds. The van der Waals surface area contributed by atoms with Crippen LogP contribution in [0.3, 0.4) is 0 Å². The first kappa shape index (κ1) is 17.0. The lowest BCUT2D eigenvalue weighted by atomic mass is 9.96. The zero-order valence-corrected chi connectivity index (χ0v) is 14.1. The topological polar surface area (TPSA) is 73.2 Å². The van der Waals surface area contributed by atoms with Crippen LogP contribution in [0.25, 0.3) is 0 Å². The molecule has 0 aliphatic rings. The maximum atomic E-state index is 12.3. The van der Waals surface area contributed by atoms with Gasteiger partial charge in [0.15, 0.2) is 0 Å². The number of aromatic nitrogens is 2. The van der Waals surface area contributed by atoms with E-state index >= 15 is 0 Å². The fourth-order valence-electron chi connectivity index (χ4n) is 1.96. The highest BCUT2D eigenvalue weighted by atomic mass is 35.5. The Labute approximate surface area is 135 Å². The van der Waals surface area contributed by atoms with E-state index in [-0.39, 0.29) is 11.4 Å². The van der Waals surface area contributed by atoms with E-state index in [1.165, 1.54) is 24.2 Å². The van der Waals surface area contributed by atoms with Crippen molar-refractivity contribution in [3.63, 3.8) is 0 Å². The molecular weight excluding hydrogens is 326 g/mol. The van der Waals surface area contributed by atoms with Crippen molar-refractivity contribution >= 4 is 21.6 Å². The maximum absolute atomic E-state index is 12.3. The van der Waals surface area contributed by atoms with E-state index < -0.39 is 15.6 Å². The Bertz CT molecular complexity index is 760. The van der Waals surface area contributed by atoms with E-state index in [4.69, 9.17) is 16.3 Å². The number of hydrogen-bond acceptors (Lipinski definition) is 4. The lowest BCUT2D eigenvalue weighted by Crippen LogP contribution is -2.40. The molecule has 2 aromatic rings. The predicted octanol–water partition coefficient (Wildman–Crippen LogP) is 1.91. The molecule has 0 radical (unpaired) electrons. The summed E-state index contributed by atoms with van der Waals surface area (Å²) in [6.07, 6.45) is 2.73. The van der Waals surface area contributed by atoms with Crippen molar-refractivity contribution in [3.8, 4) is 0 Å². The van der Waals surface area contributed by atoms with Crippen molar-refractivity contribution in [3.05, 3.63) is 47.2 Å². The van der Waals surface area contributed by atoms with Crippen molar-refractivity contribution in [2.75, 3.05) is 13.7 Å². The van der Waals surface area contributed by atoms with Gasteiger partial charge in [0.05, 0.1) is 6.20 Å². The van der Waals surface area contributed by atoms with Crippen molar-refractivity contribution in [1.29, 1.82) is 0 Å². The van der Waals surface area contributed by atoms with Crippen LogP contribution in [0.5, 0.6) is 0 Å². The molecule has 0 aliphatic carbocycles. The van der Waals surface area contributed by atoms with Gasteiger partial charge in [-0.05, 0) is 24.6 Å². The molecule has 1 aromatic heterocycles. The predicted molar refractivity (Wildman–Crippen MR) is 84.2 cm³/mol. The summed E-state index contributed by atoms with van der Waals surface area (Å²) in [7, 11) is -0.463. The van der Waals surface area contributed by atoms with Crippen LogP contribution in [0.1, 0.15) is 12.5 Å². The number of halogens is 1. The number of nitrogens with one attached hydrogen (secondary N) is 1. The number of nitrogens with zero attached hydrogens (tertiary/aromatic N) is 2. The summed E-state index contributed by atoms with van der Waals surface area (Å²) in [5, 5.41) is 4.43. The summed E-state index contributed by atoms with van der Waals surface area (Å²) in [6.45, 7) is 1.87. The van der Waals surface area contributed by atoms with Gasteiger partial charge in [0, 0.05) is 31.9 Å². The number of sulfonamides is 1. The lowest BCUT2D eigenvalue weighted by Gasteiger charge is -2.29. The number of ether oxygens (including phenoxy) is 1. The SMILES string of the molecule is CO[C@@](C)(CNS(=O)(=O)c1cnn(C)c1)c1cccc(Cl)c1. The van der Waals surface area contributed by atoms with Gasteiger partial charge in [-0.2, -0.15) is 5.10 Å². The standard InChI is InChI=1S/C14H18ClN3O3S/c1-14(21-3,11-5-4-6-12(15)7-11)10-17-22(19,20)13-8-16-18(2)9-13/h4-9,17H,10H2,1-3H3/t14-/m0/s1. The second kappa shape index (κ2) is 6.37. The Morgan fingerprint density at radius 3 is 2.73 bits per heavy atom. The van der Waals surface area contributed by atoms with Gasteiger partial charge in [-0.3, -0.25) is 4.68 Å². The van der Waals surface area contributed by atoms with E-state index in [9.17, 15) is 8.42 Å². The van der Waals surface area contributed by atoms with Crippen LogP contribution in [0, 0.1) is 0 Å². The van der Waals surface area contributed by atoms with Crippen LogP contribution < -0.4 is 4.72 Å². The fourth-order valence-corrected chi connectivity index (χ4v) is 3.26. The number of rotatable bonds is 6. The fraction of sp³-hybridized carbons (Fsp3) is 0.357. The summed E-state index contributed by atoms with van der Waals surface area (Å²) < 4.78 is 34.0. The maximum Gasteiger partial charge on any atom is 0.243 e. The van der Waals surface area contributed by atoms with Gasteiger partial charge in [-0.1, -0.05) is 23.7 Å². The van der Waals surface area contributed by atoms with Gasteiger partial charge >= 0.3 is 0 Å². The highest BCUT2D eigenvalue weighted by Gasteiger charge is 2.29. The molecule has 0 aliphatic heterocycles. The molecule has 0 saturated heterocycles. The van der Waals surface area contributed by atoms with Gasteiger partial charge in [0.25, 0.3) is 0 Å². The monoisotopic (exact) mass is 343 g/mol. The van der Waals surface area contributed by atoms with Crippen LogP contribution in [-0.2, 0) is 27.4 Å². The van der Waals surface area contributed by atoms with E-state index in [0.29, 0.717) is 5.02 Å². The minimum Gasteiger partial charge on any atom is -0.372 e. The average molecular weight is 344 g/mol. The first-order valence-electron chi connectivity index (χ1n) is 6.56. The van der Waals surface area contributed by atoms with Gasteiger partial charge < -0.3 is 4.74 Å². The third-order valence-corrected chi connectivity index (χ3v) is 5.07. The van der Waals surface area contributed by atoms with E-state index in [2.05, 4.69) is 9.82 Å². The molecule has 8 heteroatoms. The molecule has 120 valence electrons. The van der Waals surface area contributed by atoms with Crippen LogP contribution in [-0.4, -0.2) is 31.9 Å². The number of benzene rings is 1. The first-order chi connectivity index (χ1) is 10.3. The van der Waals surface area contributed by atoms with Crippen molar-refractivity contribution in [2.45, 2.75) is 17.4 Å². The summed E-state index contributed by atoms with van der Waals surface area (Å²) in [5.74, 6) is 0. The average Bonchev–Trinajstić information content (AvgIpc) is 2.92. The lowest BCUT2D eigenvalue weighted by molar-refractivity contribution is 0.00699. The zero-order chi connectivity index (χ0) is 16.4. The van der Waals surface area contributed by atoms with Crippen LogP contribution in [0.15, 0.2) is 41.6 Å². The largest absolute Gasteiger partial charge is 0.372 e. The van der Waals surface area contributed by atoms with Crippen LogP contribution in [0.4, 0.5) is 0 Å². The summed E-state index contributed by atoms with van der Waals surface area (Å²) >= 11 is 5.99. The minimum atomic E-state index is -3.65. The Kier molecular flexibility index (Phi) is 4.91. The Hall–Kier alpha value is -1.41. The normalized spacial score (nSPS) is 14.7. The van der Waals surface area contributed by atoms with E-state index in [0.717, 1.165) is 5.56 Å².